The summed E-state index contributed by atoms with van der Waals surface area (Å²) in [6.45, 7) is 3.28. The van der Waals surface area contributed by atoms with E-state index in [9.17, 15) is 9.59 Å². The van der Waals surface area contributed by atoms with Gasteiger partial charge in [0.1, 0.15) is 0 Å². The summed E-state index contributed by atoms with van der Waals surface area (Å²) in [5.74, 6) is -1.08. The summed E-state index contributed by atoms with van der Waals surface area (Å²) in [5, 5.41) is 11.5. The topological polar surface area (TPSA) is 79.5 Å². The predicted molar refractivity (Wildman–Crippen MR) is 61.5 cm³/mol. The molecule has 0 saturated heterocycles. The van der Waals surface area contributed by atoms with Crippen molar-refractivity contribution in [1.29, 1.82) is 0 Å². The number of carboxylic acid groups (broad SMARTS) is 1. The van der Waals surface area contributed by atoms with Crippen molar-refractivity contribution in [3.8, 4) is 0 Å². The normalized spacial score (nSPS) is 11.2. The Morgan fingerprint density at radius 1 is 1.47 bits per heavy atom. The minimum Gasteiger partial charge on any atom is -0.481 e. The lowest BCUT2D eigenvalue weighted by Gasteiger charge is -2.19. The lowest BCUT2D eigenvalue weighted by atomic mass is 9.94. The van der Waals surface area contributed by atoms with E-state index in [4.69, 9.17) is 9.52 Å². The highest BCUT2D eigenvalue weighted by atomic mass is 16.4. The maximum atomic E-state index is 11.5. The molecule has 0 aromatic carbocycles. The number of nitrogens with one attached hydrogen (secondary N) is 1. The van der Waals surface area contributed by atoms with Gasteiger partial charge in [0.25, 0.3) is 0 Å². The van der Waals surface area contributed by atoms with Crippen LogP contribution in [0.3, 0.4) is 0 Å². The van der Waals surface area contributed by atoms with Gasteiger partial charge in [0.2, 0.25) is 5.91 Å². The van der Waals surface area contributed by atoms with E-state index in [1.54, 1.807) is 32.4 Å². The average Bonchev–Trinajstić information content (AvgIpc) is 2.76. The second-order valence-corrected chi connectivity index (χ2v) is 4.60. The van der Waals surface area contributed by atoms with Gasteiger partial charge in [0.15, 0.2) is 0 Å². The van der Waals surface area contributed by atoms with Crippen molar-refractivity contribution in [1.82, 2.24) is 5.32 Å². The second-order valence-electron chi connectivity index (χ2n) is 4.60. The van der Waals surface area contributed by atoms with E-state index in [2.05, 4.69) is 5.32 Å². The molecule has 0 atom stereocenters. The molecule has 2 N–H and O–H groups in total. The number of aliphatic carboxylic acids is 1. The highest BCUT2D eigenvalue weighted by Crippen LogP contribution is 2.13. The summed E-state index contributed by atoms with van der Waals surface area (Å²) in [7, 11) is 0. The summed E-state index contributed by atoms with van der Waals surface area (Å²) in [6.07, 6.45) is 4.07. The molecule has 0 aliphatic heterocycles. The van der Waals surface area contributed by atoms with Gasteiger partial charge < -0.3 is 14.8 Å². The van der Waals surface area contributed by atoms with Gasteiger partial charge in [-0.1, -0.05) is 0 Å². The van der Waals surface area contributed by atoms with Crippen LogP contribution >= 0.6 is 0 Å². The van der Waals surface area contributed by atoms with Crippen LogP contribution in [0.15, 0.2) is 23.0 Å². The van der Waals surface area contributed by atoms with Crippen molar-refractivity contribution in [2.75, 3.05) is 6.54 Å². The maximum Gasteiger partial charge on any atom is 0.310 e. The van der Waals surface area contributed by atoms with Gasteiger partial charge in [-0.3, -0.25) is 9.59 Å². The van der Waals surface area contributed by atoms with Crippen LogP contribution in [-0.2, 0) is 16.0 Å². The number of furan rings is 1. The SMILES string of the molecule is CC(C)(CNC(=O)CCc1ccoc1)C(=O)O. The molecule has 1 amide bonds. The molecule has 1 heterocycles. The highest BCUT2D eigenvalue weighted by molar-refractivity contribution is 5.78. The second kappa shape index (κ2) is 5.52. The Morgan fingerprint density at radius 3 is 2.71 bits per heavy atom. The van der Waals surface area contributed by atoms with Crippen molar-refractivity contribution in [2.45, 2.75) is 26.7 Å². The van der Waals surface area contributed by atoms with Crippen LogP contribution in [0.25, 0.3) is 0 Å². The van der Waals surface area contributed by atoms with Gasteiger partial charge in [0, 0.05) is 13.0 Å². The molecule has 1 aromatic heterocycles. The van der Waals surface area contributed by atoms with Gasteiger partial charge in [-0.15, -0.1) is 0 Å². The van der Waals surface area contributed by atoms with Crippen molar-refractivity contribution >= 4 is 11.9 Å². The van der Waals surface area contributed by atoms with Gasteiger partial charge in [-0.05, 0) is 31.9 Å². The van der Waals surface area contributed by atoms with E-state index in [1.807, 2.05) is 0 Å². The molecule has 0 fully saturated rings. The fraction of sp³-hybridized carbons (Fsp3) is 0.500. The number of amides is 1. The number of carbonyl (C=O) groups excluding carboxylic acids is 1. The summed E-state index contributed by atoms with van der Waals surface area (Å²) >= 11 is 0. The molecule has 1 aromatic rings. The Hall–Kier alpha value is -1.78. The van der Waals surface area contributed by atoms with Gasteiger partial charge in [-0.25, -0.2) is 0 Å². The fourth-order valence-electron chi connectivity index (χ4n) is 1.18. The minimum absolute atomic E-state index is 0.132. The first-order chi connectivity index (χ1) is 7.92. The number of rotatable bonds is 6. The standard InChI is InChI=1S/C12H17NO4/c1-12(2,11(15)16)8-13-10(14)4-3-9-5-6-17-7-9/h5-7H,3-4,8H2,1-2H3,(H,13,14)(H,15,16). The molecule has 1 rings (SSSR count). The summed E-state index contributed by atoms with van der Waals surface area (Å²) in [6, 6.07) is 1.80. The molecule has 5 nitrogen and oxygen atoms in total. The molecule has 0 spiro atoms. The first-order valence-corrected chi connectivity index (χ1v) is 5.43. The number of hydrogen-bond acceptors (Lipinski definition) is 3. The molecule has 0 aliphatic rings. The molecule has 5 heteroatoms. The first-order valence-electron chi connectivity index (χ1n) is 5.43. The minimum atomic E-state index is -0.939. The zero-order valence-electron chi connectivity index (χ0n) is 10.0. The Balaban J connectivity index is 2.28. The number of aryl methyl sites for hydroxylation is 1. The predicted octanol–water partition coefficient (Wildman–Crippen LogP) is 1.44. The van der Waals surface area contributed by atoms with Crippen molar-refractivity contribution in [3.05, 3.63) is 24.2 Å². The summed E-state index contributed by atoms with van der Waals surface area (Å²) < 4.78 is 4.88. The average molecular weight is 239 g/mol. The largest absolute Gasteiger partial charge is 0.481 e. The lowest BCUT2D eigenvalue weighted by molar-refractivity contribution is -0.146. The third-order valence-electron chi connectivity index (χ3n) is 2.53. The number of carboxylic acids is 1. The van der Waals surface area contributed by atoms with E-state index in [0.717, 1.165) is 5.56 Å². The Bertz CT molecular complexity index is 381. The van der Waals surface area contributed by atoms with E-state index in [-0.39, 0.29) is 12.5 Å². The quantitative estimate of drug-likeness (QED) is 0.787. The van der Waals surface area contributed by atoms with E-state index < -0.39 is 11.4 Å². The first kappa shape index (κ1) is 13.3. The summed E-state index contributed by atoms with van der Waals surface area (Å²) in [5.41, 5.74) is 0.0170. The molecular formula is C12H17NO4. The lowest BCUT2D eigenvalue weighted by Crippen LogP contribution is -2.38. The molecule has 0 bridgehead atoms. The molecule has 0 aliphatic carbocycles. The summed E-state index contributed by atoms with van der Waals surface area (Å²) in [4.78, 5) is 22.3. The molecule has 0 unspecified atom stereocenters. The monoisotopic (exact) mass is 239 g/mol. The van der Waals surface area contributed by atoms with Crippen molar-refractivity contribution in [3.63, 3.8) is 0 Å². The van der Waals surface area contributed by atoms with E-state index >= 15 is 0 Å². The Labute approximate surface area is 99.8 Å². The zero-order valence-corrected chi connectivity index (χ0v) is 10.0. The zero-order chi connectivity index (χ0) is 12.9. The molecular weight excluding hydrogens is 222 g/mol. The molecule has 17 heavy (non-hydrogen) atoms. The third-order valence-corrected chi connectivity index (χ3v) is 2.53. The molecule has 94 valence electrons. The molecule has 0 radical (unpaired) electrons. The third kappa shape index (κ3) is 4.30. The van der Waals surface area contributed by atoms with Crippen LogP contribution in [0.5, 0.6) is 0 Å². The van der Waals surface area contributed by atoms with Crippen LogP contribution in [0.2, 0.25) is 0 Å². The maximum absolute atomic E-state index is 11.5. The van der Waals surface area contributed by atoms with Crippen LogP contribution in [-0.4, -0.2) is 23.5 Å². The Kier molecular flexibility index (Phi) is 4.31. The Morgan fingerprint density at radius 2 is 2.18 bits per heavy atom. The van der Waals surface area contributed by atoms with Crippen LogP contribution < -0.4 is 5.32 Å². The fourth-order valence-corrected chi connectivity index (χ4v) is 1.18. The van der Waals surface area contributed by atoms with Crippen molar-refractivity contribution in [2.24, 2.45) is 5.41 Å². The van der Waals surface area contributed by atoms with Crippen LogP contribution in [0.1, 0.15) is 25.8 Å². The van der Waals surface area contributed by atoms with Crippen LogP contribution in [0.4, 0.5) is 0 Å². The van der Waals surface area contributed by atoms with Crippen molar-refractivity contribution < 1.29 is 19.1 Å². The van der Waals surface area contributed by atoms with E-state index in [0.29, 0.717) is 12.8 Å². The van der Waals surface area contributed by atoms with E-state index in [1.165, 1.54) is 0 Å². The van der Waals surface area contributed by atoms with Crippen LogP contribution in [0, 0.1) is 5.41 Å². The van der Waals surface area contributed by atoms with Gasteiger partial charge in [-0.2, -0.15) is 0 Å². The highest BCUT2D eigenvalue weighted by Gasteiger charge is 2.27. The molecule has 0 saturated carbocycles. The van der Waals surface area contributed by atoms with Gasteiger partial charge in [0.05, 0.1) is 17.9 Å². The van der Waals surface area contributed by atoms with Gasteiger partial charge >= 0.3 is 5.97 Å². The smallest absolute Gasteiger partial charge is 0.310 e. The number of carbonyl (C=O) groups is 2. The number of hydrogen-bond donors (Lipinski definition) is 2.